The lowest BCUT2D eigenvalue weighted by Gasteiger charge is -2.14. The number of alkyl halides is 1. The van der Waals surface area contributed by atoms with Crippen LogP contribution < -0.4 is 5.43 Å². The van der Waals surface area contributed by atoms with Crippen LogP contribution in [-0.4, -0.2) is 23.3 Å². The molecule has 0 amide bonds. The number of hydrogen-bond donors (Lipinski definition) is 0. The summed E-state index contributed by atoms with van der Waals surface area (Å²) in [6.45, 7) is 1.62. The first-order chi connectivity index (χ1) is 11.4. The molecule has 0 bridgehead atoms. The summed E-state index contributed by atoms with van der Waals surface area (Å²) in [4.78, 5) is 24.5. The number of nitriles is 1. The molecule has 1 aromatic carbocycles. The quantitative estimate of drug-likeness (QED) is 0.796. The van der Waals surface area contributed by atoms with Crippen LogP contribution in [0.3, 0.4) is 0 Å². The summed E-state index contributed by atoms with van der Waals surface area (Å²) in [6, 6.07) is 1.96. The van der Waals surface area contributed by atoms with E-state index in [1.165, 1.54) is 4.57 Å². The van der Waals surface area contributed by atoms with Crippen LogP contribution in [0, 0.1) is 17.1 Å². The highest BCUT2D eigenvalue weighted by Crippen LogP contribution is 2.42. The molecule has 2 aromatic rings. The molecule has 24 heavy (non-hydrogen) atoms. The van der Waals surface area contributed by atoms with Crippen LogP contribution in [0.25, 0.3) is 10.9 Å². The second kappa shape index (κ2) is 5.87. The SMILES string of the molecule is CCOC(=O)c1cn(C2CC2F)c2c(C#N)c(Cl)c(F)cc2c1=O. The van der Waals surface area contributed by atoms with Crippen molar-refractivity contribution in [3.05, 3.63) is 44.5 Å². The molecule has 2 unspecified atom stereocenters. The molecule has 0 aliphatic heterocycles. The third-order valence-electron chi connectivity index (χ3n) is 3.85. The summed E-state index contributed by atoms with van der Waals surface area (Å²) < 4.78 is 33.7. The number of nitrogens with zero attached hydrogens (tertiary/aromatic N) is 2. The van der Waals surface area contributed by atoms with Gasteiger partial charge in [-0.3, -0.25) is 4.79 Å². The first-order valence-corrected chi connectivity index (χ1v) is 7.56. The topological polar surface area (TPSA) is 72.1 Å². The third-order valence-corrected chi connectivity index (χ3v) is 4.22. The molecule has 1 aliphatic rings. The van der Waals surface area contributed by atoms with Crippen LogP contribution in [0.5, 0.6) is 0 Å². The van der Waals surface area contributed by atoms with Crippen molar-refractivity contribution >= 4 is 28.5 Å². The smallest absolute Gasteiger partial charge is 0.343 e. The van der Waals surface area contributed by atoms with Gasteiger partial charge in [-0.2, -0.15) is 5.26 Å². The lowest BCUT2D eigenvalue weighted by molar-refractivity contribution is 0.0524. The monoisotopic (exact) mass is 352 g/mol. The lowest BCUT2D eigenvalue weighted by atomic mass is 10.1. The van der Waals surface area contributed by atoms with E-state index in [4.69, 9.17) is 16.3 Å². The number of pyridine rings is 1. The van der Waals surface area contributed by atoms with Crippen LogP contribution in [-0.2, 0) is 4.74 Å². The molecule has 0 spiro atoms. The van der Waals surface area contributed by atoms with Crippen LogP contribution >= 0.6 is 11.6 Å². The Morgan fingerprint density at radius 3 is 2.79 bits per heavy atom. The number of ether oxygens (including phenoxy) is 1. The minimum Gasteiger partial charge on any atom is -0.462 e. The predicted octanol–water partition coefficient (Wildman–Crippen LogP) is 3.13. The molecule has 8 heteroatoms. The summed E-state index contributed by atoms with van der Waals surface area (Å²) in [6.07, 6.45) is 0.142. The molecule has 1 fully saturated rings. The van der Waals surface area contributed by atoms with Crippen LogP contribution in [0.1, 0.15) is 35.3 Å². The molecule has 5 nitrogen and oxygen atoms in total. The number of fused-ring (bicyclic) bond motifs is 1. The summed E-state index contributed by atoms with van der Waals surface area (Å²) in [7, 11) is 0. The molecule has 0 radical (unpaired) electrons. The Kier molecular flexibility index (Phi) is 4.01. The highest BCUT2D eigenvalue weighted by molar-refractivity contribution is 6.33. The Labute approximate surface area is 140 Å². The minimum absolute atomic E-state index is 0.0205. The van der Waals surface area contributed by atoms with E-state index in [9.17, 15) is 23.6 Å². The van der Waals surface area contributed by atoms with Crippen molar-refractivity contribution in [2.75, 3.05) is 6.61 Å². The van der Waals surface area contributed by atoms with Gasteiger partial charge in [-0.15, -0.1) is 0 Å². The molecule has 124 valence electrons. The molecule has 1 saturated carbocycles. The van der Waals surface area contributed by atoms with Gasteiger partial charge in [0, 0.05) is 12.6 Å². The maximum Gasteiger partial charge on any atom is 0.343 e. The second-order valence-electron chi connectivity index (χ2n) is 5.37. The number of hydrogen-bond acceptors (Lipinski definition) is 4. The Hall–Kier alpha value is -2.46. The van der Waals surface area contributed by atoms with E-state index in [0.29, 0.717) is 0 Å². The van der Waals surface area contributed by atoms with Gasteiger partial charge in [0.1, 0.15) is 23.6 Å². The van der Waals surface area contributed by atoms with E-state index >= 15 is 0 Å². The normalized spacial score (nSPS) is 19.1. The fraction of sp³-hybridized carbons (Fsp3) is 0.312. The molecule has 0 saturated heterocycles. The Bertz CT molecular complexity index is 965. The highest BCUT2D eigenvalue weighted by atomic mass is 35.5. The van der Waals surface area contributed by atoms with Gasteiger partial charge in [0.15, 0.2) is 0 Å². The second-order valence-corrected chi connectivity index (χ2v) is 5.75. The zero-order valence-electron chi connectivity index (χ0n) is 12.5. The van der Waals surface area contributed by atoms with E-state index in [1.54, 1.807) is 13.0 Å². The van der Waals surface area contributed by atoms with Gasteiger partial charge in [0.05, 0.1) is 34.1 Å². The van der Waals surface area contributed by atoms with Crippen molar-refractivity contribution in [1.29, 1.82) is 5.26 Å². The van der Waals surface area contributed by atoms with Crippen molar-refractivity contribution in [3.63, 3.8) is 0 Å². The molecule has 3 rings (SSSR count). The molecule has 1 aliphatic carbocycles. The van der Waals surface area contributed by atoms with E-state index in [0.717, 1.165) is 12.3 Å². The largest absolute Gasteiger partial charge is 0.462 e. The maximum atomic E-state index is 14.0. The van der Waals surface area contributed by atoms with Crippen LogP contribution in [0.2, 0.25) is 5.02 Å². The average molecular weight is 353 g/mol. The fourth-order valence-corrected chi connectivity index (χ4v) is 2.81. The Morgan fingerprint density at radius 1 is 1.58 bits per heavy atom. The minimum atomic E-state index is -1.18. The van der Waals surface area contributed by atoms with Crippen molar-refractivity contribution in [2.45, 2.75) is 25.6 Å². The van der Waals surface area contributed by atoms with Gasteiger partial charge >= 0.3 is 5.97 Å². The maximum absolute atomic E-state index is 14.0. The zero-order chi connectivity index (χ0) is 17.6. The Morgan fingerprint density at radius 2 is 2.25 bits per heavy atom. The van der Waals surface area contributed by atoms with Crippen molar-refractivity contribution < 1.29 is 18.3 Å². The number of carbonyl (C=O) groups is 1. The van der Waals surface area contributed by atoms with Crippen molar-refractivity contribution in [1.82, 2.24) is 4.57 Å². The molecule has 0 N–H and O–H groups in total. The van der Waals surface area contributed by atoms with Crippen molar-refractivity contribution in [2.24, 2.45) is 0 Å². The molecular weight excluding hydrogens is 342 g/mol. The predicted molar refractivity (Wildman–Crippen MR) is 82.4 cm³/mol. The number of carbonyl (C=O) groups excluding carboxylic acids is 1. The van der Waals surface area contributed by atoms with Gasteiger partial charge in [0.2, 0.25) is 5.43 Å². The number of esters is 1. The van der Waals surface area contributed by atoms with E-state index < -0.39 is 34.5 Å². The first-order valence-electron chi connectivity index (χ1n) is 7.18. The van der Waals surface area contributed by atoms with Gasteiger partial charge < -0.3 is 9.30 Å². The lowest BCUT2D eigenvalue weighted by Crippen LogP contribution is -2.22. The summed E-state index contributed by atoms with van der Waals surface area (Å²) in [5, 5.41) is 8.63. The zero-order valence-corrected chi connectivity index (χ0v) is 13.2. The molecule has 1 aromatic heterocycles. The highest BCUT2D eigenvalue weighted by Gasteiger charge is 2.41. The van der Waals surface area contributed by atoms with Crippen LogP contribution in [0.15, 0.2) is 17.1 Å². The first kappa shape index (κ1) is 16.4. The molecule has 1 heterocycles. The van der Waals surface area contributed by atoms with E-state index in [1.807, 2.05) is 0 Å². The van der Waals surface area contributed by atoms with Gasteiger partial charge in [-0.25, -0.2) is 13.6 Å². The van der Waals surface area contributed by atoms with E-state index in [2.05, 4.69) is 0 Å². The standard InChI is InChI=1S/C16H11ClF2N2O3/c1-2-24-16(23)9-6-21(12-4-10(12)18)14-7(15(9)22)3-11(19)13(17)8(14)5-20/h3,6,10,12H,2,4H2,1H3. The molecular formula is C16H11ClF2N2O3. The number of halogens is 3. The Balaban J connectivity index is 2.43. The third kappa shape index (κ3) is 2.43. The summed E-state index contributed by atoms with van der Waals surface area (Å²) in [5.74, 6) is -1.85. The summed E-state index contributed by atoms with van der Waals surface area (Å²) in [5.41, 5.74) is -1.37. The number of rotatable bonds is 3. The van der Waals surface area contributed by atoms with Crippen molar-refractivity contribution in [3.8, 4) is 6.07 Å². The van der Waals surface area contributed by atoms with Crippen LogP contribution in [0.4, 0.5) is 8.78 Å². The van der Waals surface area contributed by atoms with Gasteiger partial charge in [-0.1, -0.05) is 11.6 Å². The fourth-order valence-electron chi connectivity index (χ4n) is 2.62. The average Bonchev–Trinajstić information content (AvgIpc) is 3.26. The molecule has 2 atom stereocenters. The van der Waals surface area contributed by atoms with E-state index in [-0.39, 0.29) is 35.1 Å². The van der Waals surface area contributed by atoms with Gasteiger partial charge in [-0.05, 0) is 13.0 Å². The van der Waals surface area contributed by atoms with Gasteiger partial charge in [0.25, 0.3) is 0 Å². The number of aromatic nitrogens is 1. The number of benzene rings is 1. The summed E-state index contributed by atoms with van der Waals surface area (Å²) >= 11 is 5.81.